The lowest BCUT2D eigenvalue weighted by Crippen LogP contribution is -2.58. The van der Waals surface area contributed by atoms with Gasteiger partial charge in [0.2, 0.25) is 11.8 Å². The van der Waals surface area contributed by atoms with Gasteiger partial charge in [-0.1, -0.05) is 54.9 Å². The number of likely N-dealkylation sites (tertiary alicyclic amines) is 2. The molecule has 2 saturated heterocycles. The first kappa shape index (κ1) is 47.9. The molecule has 2 heterocycles. The summed E-state index contributed by atoms with van der Waals surface area (Å²) in [7, 11) is 0. The van der Waals surface area contributed by atoms with Crippen LogP contribution < -0.4 is 0 Å². The minimum Gasteiger partial charge on any atom is -0.393 e. The van der Waals surface area contributed by atoms with E-state index < -0.39 is 0 Å². The Balaban J connectivity index is 0.000000162. The van der Waals surface area contributed by atoms with Crippen molar-refractivity contribution in [3.05, 3.63) is 0 Å². The third-order valence-corrected chi connectivity index (χ3v) is 23.7. The van der Waals surface area contributed by atoms with Gasteiger partial charge in [0.15, 0.2) is 0 Å². The highest BCUT2D eigenvalue weighted by Gasteiger charge is 2.64. The molecule has 7 heteroatoms. The second-order valence-electron chi connectivity index (χ2n) is 26.6. The van der Waals surface area contributed by atoms with Crippen molar-refractivity contribution in [3.8, 4) is 0 Å². The van der Waals surface area contributed by atoms with Gasteiger partial charge >= 0.3 is 0 Å². The molecule has 2 amide bonds. The van der Waals surface area contributed by atoms with Gasteiger partial charge in [0.05, 0.1) is 18.3 Å². The molecule has 64 heavy (non-hydrogen) atoms. The summed E-state index contributed by atoms with van der Waals surface area (Å²) in [6, 6.07) is 0. The van der Waals surface area contributed by atoms with Crippen LogP contribution in [0.2, 0.25) is 0 Å². The molecule has 0 aromatic heterocycles. The topological polar surface area (TPSA) is 101 Å². The van der Waals surface area contributed by atoms with Crippen molar-refractivity contribution >= 4 is 11.8 Å². The van der Waals surface area contributed by atoms with E-state index in [0.29, 0.717) is 86.7 Å². The Morgan fingerprint density at radius 2 is 0.906 bits per heavy atom. The monoisotopic (exact) mass is 889 g/mol. The minimum atomic E-state index is -0.196. The summed E-state index contributed by atoms with van der Waals surface area (Å²) in [5, 5.41) is 33.2. The molecule has 3 N–H and O–H groups in total. The Labute approximate surface area is 390 Å². The number of hydrogen-bond donors (Lipinski definition) is 3. The molecule has 10 fully saturated rings. The van der Waals surface area contributed by atoms with Crippen LogP contribution in [0.25, 0.3) is 0 Å². The largest absolute Gasteiger partial charge is 0.393 e. The molecule has 2 aliphatic heterocycles. The third kappa shape index (κ3) is 8.42. The summed E-state index contributed by atoms with van der Waals surface area (Å²) >= 11 is 0. The van der Waals surface area contributed by atoms with Crippen molar-refractivity contribution in [1.29, 1.82) is 0 Å². The van der Waals surface area contributed by atoms with Crippen LogP contribution in [-0.2, 0) is 9.59 Å². The first-order valence-electron chi connectivity index (χ1n) is 28.1. The van der Waals surface area contributed by atoms with Crippen LogP contribution in [-0.4, -0.2) is 81.4 Å². The molecule has 8 aliphatic carbocycles. The Kier molecular flexibility index (Phi) is 13.9. The van der Waals surface area contributed by atoms with Crippen LogP contribution in [0.15, 0.2) is 0 Å². The zero-order valence-electron chi connectivity index (χ0n) is 42.1. The number of rotatable bonds is 8. The highest BCUT2D eigenvalue weighted by Crippen LogP contribution is 2.70. The molecule has 0 aromatic carbocycles. The van der Waals surface area contributed by atoms with Gasteiger partial charge in [0.25, 0.3) is 0 Å². The van der Waals surface area contributed by atoms with E-state index in [-0.39, 0.29) is 18.3 Å². The molecule has 8 saturated carbocycles. The first-order valence-corrected chi connectivity index (χ1v) is 28.1. The summed E-state index contributed by atoms with van der Waals surface area (Å²) in [6.07, 6.45) is 27.2. The molecule has 10 rings (SSSR count). The van der Waals surface area contributed by atoms with Crippen LogP contribution in [0.4, 0.5) is 0 Å². The maximum absolute atomic E-state index is 12.6. The molecule has 20 atom stereocenters. The molecule has 364 valence electrons. The first-order chi connectivity index (χ1) is 30.5. The summed E-state index contributed by atoms with van der Waals surface area (Å²) in [5.41, 5.74) is 1.44. The number of carbonyl (C=O) groups excluding carboxylic acids is 2. The average Bonchev–Trinajstić information content (AvgIpc) is 4.10. The summed E-state index contributed by atoms with van der Waals surface area (Å²) in [5.74, 6) is 9.07. The van der Waals surface area contributed by atoms with E-state index in [1.807, 2.05) is 0 Å². The van der Waals surface area contributed by atoms with Gasteiger partial charge in [-0.25, -0.2) is 0 Å². The predicted octanol–water partition coefficient (Wildman–Crippen LogP) is 11.3. The van der Waals surface area contributed by atoms with E-state index in [0.717, 1.165) is 108 Å². The Morgan fingerprint density at radius 1 is 0.516 bits per heavy atom. The summed E-state index contributed by atoms with van der Waals surface area (Å²) in [4.78, 5) is 29.4. The molecular formula is C57H96N2O5. The van der Waals surface area contributed by atoms with Crippen molar-refractivity contribution in [1.82, 2.24) is 9.80 Å². The number of hydrogen-bond acceptors (Lipinski definition) is 5. The highest BCUT2D eigenvalue weighted by atomic mass is 16.3. The Morgan fingerprint density at radius 3 is 1.36 bits per heavy atom. The van der Waals surface area contributed by atoms with Crippen molar-refractivity contribution in [2.45, 2.75) is 221 Å². The fourth-order valence-electron chi connectivity index (χ4n) is 19.9. The summed E-state index contributed by atoms with van der Waals surface area (Å²) in [6.45, 7) is 21.4. The number of fused-ring (bicyclic) bond motifs is 10. The average molecular weight is 889 g/mol. The van der Waals surface area contributed by atoms with Crippen molar-refractivity contribution in [2.75, 3.05) is 26.2 Å². The van der Waals surface area contributed by atoms with Gasteiger partial charge in [-0.3, -0.25) is 9.59 Å². The van der Waals surface area contributed by atoms with Crippen LogP contribution in [0.5, 0.6) is 0 Å². The van der Waals surface area contributed by atoms with Gasteiger partial charge in [0, 0.05) is 39.0 Å². The van der Waals surface area contributed by atoms with Crippen LogP contribution >= 0.6 is 0 Å². The van der Waals surface area contributed by atoms with Gasteiger partial charge in [-0.15, -0.1) is 0 Å². The molecule has 0 aromatic rings. The normalized spacial score (nSPS) is 49.3. The maximum Gasteiger partial charge on any atom is 0.222 e. The van der Waals surface area contributed by atoms with Gasteiger partial charge in [-0.2, -0.15) is 0 Å². The molecule has 0 spiro atoms. The SMILES string of the molecule is C[C@@H]1CC[C@@]2(C)[C@@H](C1)C[C@@H](O)[C@@H]1[C@@H]2CC[C@]2(C)[C@@H]([C@H](C)CCC(=O)N3CCCC3)CC[C@@H]12.C[C@H](CCC(=O)N1CCCC1)[C@H]1CC[C@H]2[C@@H]3[C@H](O)C[C@@H]4C[C@H](O)CC[C@]4(C)[C@H]3CC[C@]12C. The van der Waals surface area contributed by atoms with Gasteiger partial charge < -0.3 is 25.1 Å². The second-order valence-corrected chi connectivity index (χ2v) is 26.6. The molecule has 0 unspecified atom stereocenters. The number of aliphatic hydroxyl groups excluding tert-OH is 3. The third-order valence-electron chi connectivity index (χ3n) is 23.7. The minimum absolute atomic E-state index is 0.0844. The van der Waals surface area contributed by atoms with Crippen LogP contribution in [0.3, 0.4) is 0 Å². The smallest absolute Gasteiger partial charge is 0.222 e. The second kappa shape index (κ2) is 18.6. The van der Waals surface area contributed by atoms with E-state index in [2.05, 4.69) is 58.3 Å². The van der Waals surface area contributed by atoms with E-state index >= 15 is 0 Å². The standard InChI is InChI=1S/C29H49NO2.C28H47NO3/c1-19-11-13-28(3)21(17-19)18-25(31)27-23-9-8-22(29(23,4)14-12-24(27)28)20(2)7-10-26(32)30-15-5-6-16-30;1-18(6-9-25(32)29-14-4-5-15-29)21-7-8-22-26-23(11-13-28(21,22)3)27(2)12-10-20(30)16-19(27)17-24(26)31/h19-25,27,31H,5-18H2,1-4H3;18-24,26,30-31H,4-17H2,1-3H3/t19-,20-,21+,22-,23+,24+,25-,27+,28+,29-;18-,19+,20-,21-,22+,23+,24-,26+,27+,28-/m11/s1. The molecular weight excluding hydrogens is 793 g/mol. The maximum atomic E-state index is 12.6. The zero-order chi connectivity index (χ0) is 45.3. The van der Waals surface area contributed by atoms with Gasteiger partial charge in [0.1, 0.15) is 0 Å². The lowest BCUT2D eigenvalue weighted by atomic mass is 9.43. The van der Waals surface area contributed by atoms with Crippen molar-refractivity contribution < 1.29 is 24.9 Å². The van der Waals surface area contributed by atoms with E-state index in [1.165, 1.54) is 96.3 Å². The number of aliphatic hydroxyl groups is 3. The number of nitrogens with zero attached hydrogens (tertiary/aromatic N) is 2. The van der Waals surface area contributed by atoms with Crippen molar-refractivity contribution in [2.24, 2.45) is 98.6 Å². The molecule has 0 radical (unpaired) electrons. The lowest BCUT2D eigenvalue weighted by Gasteiger charge is -2.62. The molecule has 7 nitrogen and oxygen atoms in total. The van der Waals surface area contributed by atoms with E-state index in [1.54, 1.807) is 0 Å². The molecule has 10 aliphatic rings. The summed E-state index contributed by atoms with van der Waals surface area (Å²) < 4.78 is 0. The quantitative estimate of drug-likeness (QED) is 0.225. The highest BCUT2D eigenvalue weighted by molar-refractivity contribution is 5.76. The number of carbonyl (C=O) groups is 2. The Hall–Kier alpha value is -1.18. The number of amides is 2. The van der Waals surface area contributed by atoms with Crippen LogP contribution in [0.1, 0.15) is 203 Å². The zero-order valence-corrected chi connectivity index (χ0v) is 42.1. The fraction of sp³-hybridized carbons (Fsp3) is 0.965. The van der Waals surface area contributed by atoms with Crippen molar-refractivity contribution in [3.63, 3.8) is 0 Å². The van der Waals surface area contributed by atoms with E-state index in [4.69, 9.17) is 0 Å². The molecule has 0 bridgehead atoms. The van der Waals surface area contributed by atoms with Gasteiger partial charge in [-0.05, 0) is 233 Å². The lowest BCUT2D eigenvalue weighted by molar-refractivity contribution is -0.174. The van der Waals surface area contributed by atoms with Crippen LogP contribution in [0, 0.1) is 98.6 Å². The predicted molar refractivity (Wildman–Crippen MR) is 257 cm³/mol. The van der Waals surface area contributed by atoms with E-state index in [9.17, 15) is 24.9 Å². The fourth-order valence-corrected chi connectivity index (χ4v) is 19.9. The Bertz CT molecular complexity index is 1520.